The number of carbonyl (C=O) groups excluding carboxylic acids is 1. The van der Waals surface area contributed by atoms with Gasteiger partial charge in [-0.05, 0) is 57.1 Å². The van der Waals surface area contributed by atoms with E-state index in [1.807, 2.05) is 0 Å². The van der Waals surface area contributed by atoms with Crippen molar-refractivity contribution in [3.63, 3.8) is 0 Å². The van der Waals surface area contributed by atoms with Gasteiger partial charge in [-0.25, -0.2) is 17.2 Å². The maximum Gasteiger partial charge on any atom is 0.273 e. The van der Waals surface area contributed by atoms with E-state index < -0.39 is 51.9 Å². The monoisotopic (exact) mass is 543 g/mol. The normalized spacial score (nSPS) is 26.5. The van der Waals surface area contributed by atoms with Crippen molar-refractivity contribution in [3.8, 4) is 0 Å². The summed E-state index contributed by atoms with van der Waals surface area (Å²) in [5.41, 5.74) is -0.890. The number of aliphatic hydroxyl groups is 2. The zero-order valence-corrected chi connectivity index (χ0v) is 21.1. The molecule has 3 N–H and O–H groups in total. The number of fused-ring (bicyclic) bond motifs is 3. The van der Waals surface area contributed by atoms with Crippen molar-refractivity contribution < 1.29 is 32.2 Å². The zero-order chi connectivity index (χ0) is 25.8. The van der Waals surface area contributed by atoms with Gasteiger partial charge in [-0.2, -0.15) is 4.31 Å². The van der Waals surface area contributed by atoms with Crippen molar-refractivity contribution in [2.45, 2.75) is 80.5 Å². The Balaban J connectivity index is 1.56. The van der Waals surface area contributed by atoms with Gasteiger partial charge >= 0.3 is 0 Å². The SMILES string of the molecule is O=C(Nc1ccc(F)c(F)c1)c1c(Cl)c(S(=O)(=O)N2C3CCC2CC(O)(CO)C3)c2n1CCCCC2. The molecular weight excluding hydrogens is 516 g/mol. The molecule has 1 aromatic carbocycles. The lowest BCUT2D eigenvalue weighted by Gasteiger charge is -2.42. The van der Waals surface area contributed by atoms with Crippen molar-refractivity contribution >= 4 is 33.2 Å². The van der Waals surface area contributed by atoms with Gasteiger partial charge in [-0.3, -0.25) is 4.79 Å². The Morgan fingerprint density at radius 1 is 1.14 bits per heavy atom. The Hall–Kier alpha value is -2.05. The van der Waals surface area contributed by atoms with Crippen molar-refractivity contribution in [1.29, 1.82) is 0 Å². The number of rotatable bonds is 5. The fourth-order valence-corrected chi connectivity index (χ4v) is 8.78. The Morgan fingerprint density at radius 2 is 1.83 bits per heavy atom. The molecule has 2 unspecified atom stereocenters. The molecule has 8 nitrogen and oxygen atoms in total. The summed E-state index contributed by atoms with van der Waals surface area (Å²) in [7, 11) is -4.14. The summed E-state index contributed by atoms with van der Waals surface area (Å²) in [5.74, 6) is -2.90. The van der Waals surface area contributed by atoms with Crippen molar-refractivity contribution in [2.24, 2.45) is 0 Å². The van der Waals surface area contributed by atoms with Crippen LogP contribution < -0.4 is 5.32 Å². The third kappa shape index (κ3) is 4.24. The predicted molar refractivity (Wildman–Crippen MR) is 128 cm³/mol. The minimum Gasteiger partial charge on any atom is -0.393 e. The zero-order valence-electron chi connectivity index (χ0n) is 19.5. The van der Waals surface area contributed by atoms with E-state index in [1.165, 1.54) is 10.4 Å². The van der Waals surface area contributed by atoms with Gasteiger partial charge < -0.3 is 20.1 Å². The van der Waals surface area contributed by atoms with Crippen LogP contribution in [0.15, 0.2) is 23.1 Å². The lowest BCUT2D eigenvalue weighted by molar-refractivity contribution is -0.0663. The van der Waals surface area contributed by atoms with E-state index in [9.17, 15) is 32.2 Å². The molecule has 196 valence electrons. The summed E-state index contributed by atoms with van der Waals surface area (Å²) < 4.78 is 58.2. The van der Waals surface area contributed by atoms with E-state index in [-0.39, 0.29) is 34.1 Å². The number of amides is 1. The molecule has 2 fully saturated rings. The first-order valence-electron chi connectivity index (χ1n) is 12.1. The minimum atomic E-state index is -4.14. The number of benzene rings is 1. The molecule has 0 radical (unpaired) electrons. The van der Waals surface area contributed by atoms with Gasteiger partial charge in [-0.1, -0.05) is 18.0 Å². The largest absolute Gasteiger partial charge is 0.393 e. The van der Waals surface area contributed by atoms with Crippen LogP contribution in [0.1, 0.15) is 61.1 Å². The maximum absolute atomic E-state index is 14.1. The number of nitrogens with one attached hydrogen (secondary N) is 1. The molecular formula is C24H28ClF2N3O5S. The molecule has 12 heteroatoms. The topological polar surface area (TPSA) is 112 Å². The third-order valence-electron chi connectivity index (χ3n) is 7.57. The van der Waals surface area contributed by atoms with E-state index in [0.29, 0.717) is 31.5 Å². The number of halogens is 3. The van der Waals surface area contributed by atoms with Crippen LogP contribution in [-0.4, -0.2) is 57.7 Å². The van der Waals surface area contributed by atoms with Crippen molar-refractivity contribution in [2.75, 3.05) is 11.9 Å². The molecule has 0 spiro atoms. The van der Waals surface area contributed by atoms with Gasteiger partial charge in [-0.15, -0.1) is 0 Å². The number of hydrogen-bond acceptors (Lipinski definition) is 5. The second-order valence-corrected chi connectivity index (χ2v) is 12.2. The fourth-order valence-electron chi connectivity index (χ4n) is 6.00. The Bertz CT molecular complexity index is 1300. The van der Waals surface area contributed by atoms with E-state index in [1.54, 1.807) is 4.57 Å². The number of carbonyl (C=O) groups is 1. The molecule has 1 aromatic heterocycles. The summed E-state index contributed by atoms with van der Waals surface area (Å²) in [6, 6.07) is 1.98. The van der Waals surface area contributed by atoms with Crippen LogP contribution in [-0.2, 0) is 23.0 Å². The van der Waals surface area contributed by atoms with Crippen LogP contribution in [0.4, 0.5) is 14.5 Å². The fraction of sp³-hybridized carbons (Fsp3) is 0.542. The highest BCUT2D eigenvalue weighted by Crippen LogP contribution is 2.46. The number of hydrogen-bond donors (Lipinski definition) is 3. The average Bonchev–Trinajstić information content (AvgIpc) is 3.16. The van der Waals surface area contributed by atoms with Crippen LogP contribution in [0.3, 0.4) is 0 Å². The molecule has 2 atom stereocenters. The van der Waals surface area contributed by atoms with Crippen LogP contribution in [0, 0.1) is 11.6 Å². The summed E-state index contributed by atoms with van der Waals surface area (Å²) >= 11 is 6.68. The van der Waals surface area contributed by atoms with Gasteiger partial charge in [0.2, 0.25) is 10.0 Å². The van der Waals surface area contributed by atoms with Crippen molar-refractivity contribution in [3.05, 3.63) is 46.2 Å². The smallest absolute Gasteiger partial charge is 0.273 e. The maximum atomic E-state index is 14.1. The highest BCUT2D eigenvalue weighted by molar-refractivity contribution is 7.89. The second-order valence-electron chi connectivity index (χ2n) is 9.99. The highest BCUT2D eigenvalue weighted by atomic mass is 35.5. The Kier molecular flexibility index (Phi) is 6.65. The standard InChI is InChI=1S/C24H28ClF2N3O5S/c25-20-21(23(32)28-14-5-8-17(26)18(27)10-14)29-9-3-1-2-4-19(29)22(20)36(34,35)30-15-6-7-16(30)12-24(33,11-15)13-31/h5,8,10,15-16,31,33H,1-4,6-7,9,11-13H2,(H,28,32). The molecule has 0 aliphatic carbocycles. The molecule has 3 aliphatic rings. The molecule has 5 rings (SSSR count). The minimum absolute atomic E-state index is 0.0147. The number of piperidine rings is 1. The van der Waals surface area contributed by atoms with Crippen molar-refractivity contribution in [1.82, 2.24) is 8.87 Å². The van der Waals surface area contributed by atoms with E-state index in [2.05, 4.69) is 5.32 Å². The average molecular weight is 544 g/mol. The van der Waals surface area contributed by atoms with E-state index >= 15 is 0 Å². The van der Waals surface area contributed by atoms with Gasteiger partial charge in [0.05, 0.1) is 17.2 Å². The van der Waals surface area contributed by atoms with Gasteiger partial charge in [0.1, 0.15) is 10.6 Å². The summed E-state index contributed by atoms with van der Waals surface area (Å²) in [4.78, 5) is 13.2. The first-order valence-corrected chi connectivity index (χ1v) is 13.9. The number of aromatic nitrogens is 1. The Morgan fingerprint density at radius 3 is 2.47 bits per heavy atom. The van der Waals surface area contributed by atoms with Crippen LogP contribution >= 0.6 is 11.6 Å². The summed E-state index contributed by atoms with van der Waals surface area (Å²) in [6.45, 7) is -0.0488. The summed E-state index contributed by atoms with van der Waals surface area (Å²) in [6.07, 6.45) is 4.07. The van der Waals surface area contributed by atoms with Gasteiger partial charge in [0.25, 0.3) is 5.91 Å². The molecule has 3 aliphatic heterocycles. The van der Waals surface area contributed by atoms with Crippen LogP contribution in [0.25, 0.3) is 0 Å². The van der Waals surface area contributed by atoms with Gasteiger partial charge in [0.15, 0.2) is 11.6 Å². The van der Waals surface area contributed by atoms with Gasteiger partial charge in [0, 0.05) is 36.1 Å². The number of anilines is 1. The lowest BCUT2D eigenvalue weighted by Crippen LogP contribution is -2.54. The number of sulfonamides is 1. The highest BCUT2D eigenvalue weighted by Gasteiger charge is 2.53. The molecule has 0 saturated carbocycles. The molecule has 2 saturated heterocycles. The second kappa shape index (κ2) is 9.36. The van der Waals surface area contributed by atoms with E-state index in [0.717, 1.165) is 31.4 Å². The molecule has 4 heterocycles. The predicted octanol–water partition coefficient (Wildman–Crippen LogP) is 3.44. The molecule has 2 bridgehead atoms. The number of nitrogens with zero attached hydrogens (tertiary/aromatic N) is 2. The summed E-state index contributed by atoms with van der Waals surface area (Å²) in [5, 5.41) is 22.6. The quantitative estimate of drug-likeness (QED) is 0.535. The van der Waals surface area contributed by atoms with Crippen LogP contribution in [0.2, 0.25) is 5.02 Å². The third-order valence-corrected chi connectivity index (χ3v) is 10.2. The lowest BCUT2D eigenvalue weighted by atomic mass is 9.88. The first kappa shape index (κ1) is 25.6. The first-order chi connectivity index (χ1) is 17.1. The molecule has 2 aromatic rings. The molecule has 1 amide bonds. The number of aliphatic hydroxyl groups excluding tert-OH is 1. The Labute approximate surface area is 212 Å². The molecule has 36 heavy (non-hydrogen) atoms. The van der Waals surface area contributed by atoms with E-state index in [4.69, 9.17) is 11.6 Å². The van der Waals surface area contributed by atoms with Crippen LogP contribution in [0.5, 0.6) is 0 Å².